The smallest absolute Gasteiger partial charge is 0.252 e. The predicted octanol–water partition coefficient (Wildman–Crippen LogP) is 2.79. The molecule has 3 heteroatoms. The Labute approximate surface area is 107 Å². The van der Waals surface area contributed by atoms with Gasteiger partial charge in [0.05, 0.1) is 0 Å². The van der Waals surface area contributed by atoms with E-state index in [1.807, 2.05) is 38.1 Å². The highest BCUT2D eigenvalue weighted by Crippen LogP contribution is 2.09. The Morgan fingerprint density at radius 3 is 2.50 bits per heavy atom. The molecule has 0 fully saturated rings. The van der Waals surface area contributed by atoms with Gasteiger partial charge < -0.3 is 9.88 Å². The van der Waals surface area contributed by atoms with Crippen molar-refractivity contribution >= 4 is 5.69 Å². The van der Waals surface area contributed by atoms with Crippen LogP contribution in [0, 0.1) is 6.92 Å². The molecule has 0 spiro atoms. The molecule has 2 rings (SSSR count). The molecule has 0 radical (unpaired) electrons. The Morgan fingerprint density at radius 1 is 1.17 bits per heavy atom. The van der Waals surface area contributed by atoms with E-state index in [1.165, 1.54) is 5.56 Å². The second kappa shape index (κ2) is 5.54. The van der Waals surface area contributed by atoms with Crippen LogP contribution < -0.4 is 10.9 Å². The summed E-state index contributed by atoms with van der Waals surface area (Å²) in [5, 5.41) is 3.28. The molecular weight excluding hydrogens is 224 g/mol. The van der Waals surface area contributed by atoms with Crippen molar-refractivity contribution in [2.45, 2.75) is 26.9 Å². The lowest BCUT2D eigenvalue weighted by atomic mass is 10.2. The second-order valence-electron chi connectivity index (χ2n) is 4.31. The zero-order valence-corrected chi connectivity index (χ0v) is 10.8. The number of aromatic nitrogens is 1. The second-order valence-corrected chi connectivity index (χ2v) is 4.31. The van der Waals surface area contributed by atoms with Crippen LogP contribution in [0.2, 0.25) is 0 Å². The summed E-state index contributed by atoms with van der Waals surface area (Å²) >= 11 is 0. The van der Waals surface area contributed by atoms with Gasteiger partial charge in [-0.1, -0.05) is 30.3 Å². The molecule has 0 aliphatic carbocycles. The van der Waals surface area contributed by atoms with Crippen molar-refractivity contribution in [1.29, 1.82) is 0 Å². The third-order valence-corrected chi connectivity index (χ3v) is 2.99. The third kappa shape index (κ3) is 2.80. The summed E-state index contributed by atoms with van der Waals surface area (Å²) in [5.74, 6) is 0. The fourth-order valence-corrected chi connectivity index (χ4v) is 2.04. The molecule has 3 nitrogen and oxygen atoms in total. The van der Waals surface area contributed by atoms with Crippen LogP contribution in [0.25, 0.3) is 0 Å². The molecular formula is C15H18N2O. The van der Waals surface area contributed by atoms with Crippen LogP contribution in [0.3, 0.4) is 0 Å². The number of nitrogens with one attached hydrogen (secondary N) is 1. The van der Waals surface area contributed by atoms with Crippen molar-refractivity contribution in [3.8, 4) is 0 Å². The van der Waals surface area contributed by atoms with E-state index in [0.29, 0.717) is 6.54 Å². The van der Waals surface area contributed by atoms with E-state index in [2.05, 4.69) is 17.4 Å². The fraction of sp³-hybridized carbons (Fsp3) is 0.267. The van der Waals surface area contributed by atoms with Crippen LogP contribution in [-0.2, 0) is 13.1 Å². The van der Waals surface area contributed by atoms with Crippen molar-refractivity contribution in [3.05, 3.63) is 64.1 Å². The van der Waals surface area contributed by atoms with Crippen LogP contribution >= 0.6 is 0 Å². The van der Waals surface area contributed by atoms with Gasteiger partial charge in [-0.15, -0.1) is 0 Å². The maximum atomic E-state index is 11.8. The minimum Gasteiger partial charge on any atom is -0.381 e. The summed E-state index contributed by atoms with van der Waals surface area (Å²) in [6.45, 7) is 5.38. The van der Waals surface area contributed by atoms with Crippen molar-refractivity contribution in [3.63, 3.8) is 0 Å². The monoisotopic (exact) mass is 242 g/mol. The first-order chi connectivity index (χ1) is 8.70. The molecule has 0 aliphatic heterocycles. The zero-order chi connectivity index (χ0) is 13.0. The number of hydrogen-bond acceptors (Lipinski definition) is 2. The lowest BCUT2D eigenvalue weighted by Gasteiger charge is -2.11. The van der Waals surface area contributed by atoms with Gasteiger partial charge in [0.2, 0.25) is 0 Å². The molecule has 0 unspecified atom stereocenters. The Hall–Kier alpha value is -2.03. The molecule has 94 valence electrons. The lowest BCUT2D eigenvalue weighted by molar-refractivity contribution is 0.701. The van der Waals surface area contributed by atoms with Gasteiger partial charge in [0.25, 0.3) is 5.56 Å². The molecule has 0 saturated carbocycles. The molecule has 0 amide bonds. The first-order valence-electron chi connectivity index (χ1n) is 6.20. The maximum Gasteiger partial charge on any atom is 0.252 e. The van der Waals surface area contributed by atoms with Gasteiger partial charge >= 0.3 is 0 Å². The van der Waals surface area contributed by atoms with Gasteiger partial charge in [0, 0.05) is 30.5 Å². The quantitative estimate of drug-likeness (QED) is 0.894. The normalized spacial score (nSPS) is 10.3. The Balaban J connectivity index is 2.14. The van der Waals surface area contributed by atoms with Crippen LogP contribution in [0.4, 0.5) is 5.69 Å². The van der Waals surface area contributed by atoms with Crippen LogP contribution in [-0.4, -0.2) is 4.57 Å². The number of anilines is 1. The number of rotatable bonds is 4. The van der Waals surface area contributed by atoms with E-state index in [0.717, 1.165) is 17.9 Å². The van der Waals surface area contributed by atoms with E-state index >= 15 is 0 Å². The molecule has 1 heterocycles. The summed E-state index contributed by atoms with van der Waals surface area (Å²) < 4.78 is 1.76. The van der Waals surface area contributed by atoms with Crippen molar-refractivity contribution < 1.29 is 0 Å². The first kappa shape index (κ1) is 12.4. The van der Waals surface area contributed by atoms with Crippen molar-refractivity contribution in [2.24, 2.45) is 0 Å². The summed E-state index contributed by atoms with van der Waals surface area (Å²) in [7, 11) is 0. The Bertz CT molecular complexity index is 573. The highest BCUT2D eigenvalue weighted by molar-refractivity contribution is 5.44. The summed E-state index contributed by atoms with van der Waals surface area (Å²) in [6, 6.07) is 13.8. The van der Waals surface area contributed by atoms with Crippen LogP contribution in [0.15, 0.2) is 47.3 Å². The predicted molar refractivity (Wildman–Crippen MR) is 74.9 cm³/mol. The van der Waals surface area contributed by atoms with Gasteiger partial charge in [-0.2, -0.15) is 0 Å². The standard InChI is InChI=1S/C15H18N2O/c1-3-17-12(2)9-14(10-15(17)18)16-11-13-7-5-4-6-8-13/h4-10,16H,3,11H2,1-2H3. The number of hydrogen-bond donors (Lipinski definition) is 1. The van der Waals surface area contributed by atoms with Gasteiger partial charge in [0.1, 0.15) is 0 Å². The molecule has 0 atom stereocenters. The Morgan fingerprint density at radius 2 is 1.89 bits per heavy atom. The minimum atomic E-state index is 0.0491. The largest absolute Gasteiger partial charge is 0.381 e. The zero-order valence-electron chi connectivity index (χ0n) is 10.8. The molecule has 1 N–H and O–H groups in total. The maximum absolute atomic E-state index is 11.8. The average molecular weight is 242 g/mol. The lowest BCUT2D eigenvalue weighted by Crippen LogP contribution is -2.21. The van der Waals surface area contributed by atoms with E-state index in [1.54, 1.807) is 10.6 Å². The molecule has 0 bridgehead atoms. The van der Waals surface area contributed by atoms with Crippen molar-refractivity contribution in [1.82, 2.24) is 4.57 Å². The molecule has 2 aromatic rings. The third-order valence-electron chi connectivity index (χ3n) is 2.99. The Kier molecular flexibility index (Phi) is 3.82. The highest BCUT2D eigenvalue weighted by Gasteiger charge is 2.01. The molecule has 1 aromatic heterocycles. The number of pyridine rings is 1. The molecule has 18 heavy (non-hydrogen) atoms. The molecule has 0 saturated heterocycles. The van der Waals surface area contributed by atoms with E-state index in [-0.39, 0.29) is 5.56 Å². The average Bonchev–Trinajstić information content (AvgIpc) is 2.37. The minimum absolute atomic E-state index is 0.0491. The molecule has 1 aromatic carbocycles. The fourth-order valence-electron chi connectivity index (χ4n) is 2.04. The van der Waals surface area contributed by atoms with Crippen LogP contribution in [0.1, 0.15) is 18.2 Å². The van der Waals surface area contributed by atoms with Gasteiger partial charge in [-0.3, -0.25) is 4.79 Å². The summed E-state index contributed by atoms with van der Waals surface area (Å²) in [6.07, 6.45) is 0. The number of benzene rings is 1. The van der Waals surface area contributed by atoms with Crippen molar-refractivity contribution in [2.75, 3.05) is 5.32 Å². The van der Waals surface area contributed by atoms with E-state index < -0.39 is 0 Å². The summed E-state index contributed by atoms with van der Waals surface area (Å²) in [4.78, 5) is 11.8. The van der Waals surface area contributed by atoms with Crippen LogP contribution in [0.5, 0.6) is 0 Å². The van der Waals surface area contributed by atoms with E-state index in [4.69, 9.17) is 0 Å². The first-order valence-corrected chi connectivity index (χ1v) is 6.20. The topological polar surface area (TPSA) is 34.0 Å². The summed E-state index contributed by atoms with van der Waals surface area (Å²) in [5.41, 5.74) is 3.12. The van der Waals surface area contributed by atoms with E-state index in [9.17, 15) is 4.79 Å². The van der Waals surface area contributed by atoms with Gasteiger partial charge in [-0.05, 0) is 25.5 Å². The number of nitrogens with zero attached hydrogens (tertiary/aromatic N) is 1. The van der Waals surface area contributed by atoms with Gasteiger partial charge in [-0.25, -0.2) is 0 Å². The van der Waals surface area contributed by atoms with Gasteiger partial charge in [0.15, 0.2) is 0 Å². The highest BCUT2D eigenvalue weighted by atomic mass is 16.1. The molecule has 0 aliphatic rings. The SMILES string of the molecule is CCn1c(C)cc(NCc2ccccc2)cc1=O. The number of aryl methyl sites for hydroxylation is 1.